The fourth-order valence-electron chi connectivity index (χ4n) is 2.65. The van der Waals surface area contributed by atoms with E-state index < -0.39 is 0 Å². The second kappa shape index (κ2) is 5.80. The van der Waals surface area contributed by atoms with E-state index >= 15 is 0 Å². The molecule has 1 aliphatic rings. The molecular formula is C15H24N2O2. The predicted octanol–water partition coefficient (Wildman–Crippen LogP) is 1.63. The van der Waals surface area contributed by atoms with Crippen molar-refractivity contribution in [1.82, 2.24) is 5.32 Å². The van der Waals surface area contributed by atoms with E-state index in [2.05, 4.69) is 30.1 Å². The molecule has 0 amide bonds. The number of hydrogen-bond acceptors (Lipinski definition) is 4. The highest BCUT2D eigenvalue weighted by atomic mass is 16.5. The molecule has 1 heterocycles. The average molecular weight is 264 g/mol. The van der Waals surface area contributed by atoms with Crippen LogP contribution in [-0.4, -0.2) is 43.5 Å². The molecule has 0 spiro atoms. The Morgan fingerprint density at radius 2 is 2.16 bits per heavy atom. The van der Waals surface area contributed by atoms with E-state index in [0.29, 0.717) is 6.04 Å². The van der Waals surface area contributed by atoms with Crippen LogP contribution in [-0.2, 0) is 0 Å². The third-order valence-electron chi connectivity index (χ3n) is 3.81. The van der Waals surface area contributed by atoms with E-state index in [-0.39, 0.29) is 12.1 Å². The molecule has 0 saturated carbocycles. The van der Waals surface area contributed by atoms with Crippen LogP contribution >= 0.6 is 0 Å². The Balaban J connectivity index is 2.27. The Kier molecular flexibility index (Phi) is 4.32. The second-order valence-electron chi connectivity index (χ2n) is 5.68. The zero-order chi connectivity index (χ0) is 13.9. The van der Waals surface area contributed by atoms with Crippen LogP contribution in [0.4, 0.5) is 5.69 Å². The highest BCUT2D eigenvalue weighted by Crippen LogP contribution is 2.34. The first-order valence-electron chi connectivity index (χ1n) is 6.83. The number of nitrogens with zero attached hydrogens (tertiary/aromatic N) is 1. The van der Waals surface area contributed by atoms with Crippen LogP contribution in [0.15, 0.2) is 24.3 Å². The van der Waals surface area contributed by atoms with Gasteiger partial charge in [-0.3, -0.25) is 0 Å². The van der Waals surface area contributed by atoms with Gasteiger partial charge in [-0.1, -0.05) is 12.1 Å². The lowest BCUT2D eigenvalue weighted by Gasteiger charge is -2.48. The average Bonchev–Trinajstić information content (AvgIpc) is 2.41. The summed E-state index contributed by atoms with van der Waals surface area (Å²) in [6.07, 6.45) is 0.779. The maximum atomic E-state index is 9.12. The number of anilines is 1. The van der Waals surface area contributed by atoms with Crippen LogP contribution < -0.4 is 15.0 Å². The van der Waals surface area contributed by atoms with Crippen molar-refractivity contribution in [3.05, 3.63) is 24.3 Å². The first-order chi connectivity index (χ1) is 9.08. The van der Waals surface area contributed by atoms with Crippen LogP contribution in [0.2, 0.25) is 0 Å². The molecule has 4 heteroatoms. The quantitative estimate of drug-likeness (QED) is 0.867. The zero-order valence-corrected chi connectivity index (χ0v) is 12.0. The SMILES string of the molecule is COc1ccccc1N1CC(CCO)NCC1(C)C. The van der Waals surface area contributed by atoms with Gasteiger partial charge >= 0.3 is 0 Å². The Morgan fingerprint density at radius 1 is 1.42 bits per heavy atom. The first kappa shape index (κ1) is 14.2. The monoisotopic (exact) mass is 264 g/mol. The van der Waals surface area contributed by atoms with Gasteiger partial charge < -0.3 is 20.1 Å². The Bertz CT molecular complexity index is 420. The minimum absolute atomic E-state index is 0.0284. The third-order valence-corrected chi connectivity index (χ3v) is 3.81. The summed E-state index contributed by atoms with van der Waals surface area (Å²) in [6, 6.07) is 8.44. The number of para-hydroxylation sites is 2. The fraction of sp³-hybridized carbons (Fsp3) is 0.600. The number of rotatable bonds is 4. The van der Waals surface area contributed by atoms with Crippen LogP contribution in [0.25, 0.3) is 0 Å². The molecule has 1 aliphatic heterocycles. The summed E-state index contributed by atoms with van der Waals surface area (Å²) in [5, 5.41) is 12.6. The summed E-state index contributed by atoms with van der Waals surface area (Å²) in [5.41, 5.74) is 1.15. The van der Waals surface area contributed by atoms with E-state index in [1.165, 1.54) is 0 Å². The molecule has 0 aromatic heterocycles. The van der Waals surface area contributed by atoms with Crippen LogP contribution in [0.1, 0.15) is 20.3 Å². The minimum atomic E-state index is 0.0284. The summed E-state index contributed by atoms with van der Waals surface area (Å²) in [5.74, 6) is 0.903. The van der Waals surface area contributed by atoms with Gasteiger partial charge in [0, 0.05) is 31.3 Å². The molecule has 1 saturated heterocycles. The molecule has 0 aliphatic carbocycles. The number of piperazine rings is 1. The molecule has 2 rings (SSSR count). The van der Waals surface area contributed by atoms with Crippen molar-refractivity contribution in [1.29, 1.82) is 0 Å². The molecular weight excluding hydrogens is 240 g/mol. The number of aliphatic hydroxyl groups excluding tert-OH is 1. The lowest BCUT2D eigenvalue weighted by atomic mass is 9.95. The van der Waals surface area contributed by atoms with Gasteiger partial charge in [0.1, 0.15) is 5.75 Å². The number of ether oxygens (including phenoxy) is 1. The number of aliphatic hydroxyl groups is 1. The van der Waals surface area contributed by atoms with Gasteiger partial charge in [-0.15, -0.1) is 0 Å². The molecule has 106 valence electrons. The van der Waals surface area contributed by atoms with Gasteiger partial charge in [-0.2, -0.15) is 0 Å². The van der Waals surface area contributed by atoms with Crippen molar-refractivity contribution in [2.24, 2.45) is 0 Å². The smallest absolute Gasteiger partial charge is 0.142 e. The summed E-state index contributed by atoms with van der Waals surface area (Å²) < 4.78 is 5.48. The van der Waals surface area contributed by atoms with Gasteiger partial charge in [0.15, 0.2) is 0 Å². The van der Waals surface area contributed by atoms with Gasteiger partial charge in [0.25, 0.3) is 0 Å². The number of nitrogens with one attached hydrogen (secondary N) is 1. The fourth-order valence-corrected chi connectivity index (χ4v) is 2.65. The van der Waals surface area contributed by atoms with Crippen LogP contribution in [0.3, 0.4) is 0 Å². The van der Waals surface area contributed by atoms with Gasteiger partial charge in [-0.05, 0) is 32.4 Å². The second-order valence-corrected chi connectivity index (χ2v) is 5.68. The minimum Gasteiger partial charge on any atom is -0.495 e. The summed E-state index contributed by atoms with van der Waals surface area (Å²) in [4.78, 5) is 2.38. The molecule has 1 aromatic rings. The van der Waals surface area contributed by atoms with Crippen molar-refractivity contribution in [2.75, 3.05) is 31.7 Å². The van der Waals surface area contributed by atoms with E-state index in [9.17, 15) is 0 Å². The third kappa shape index (κ3) is 3.01. The first-order valence-corrected chi connectivity index (χ1v) is 6.83. The number of hydrogen-bond donors (Lipinski definition) is 2. The molecule has 0 bridgehead atoms. The number of methoxy groups -OCH3 is 1. The number of benzene rings is 1. The van der Waals surface area contributed by atoms with E-state index in [1.807, 2.05) is 18.2 Å². The van der Waals surface area contributed by atoms with Crippen LogP contribution in [0.5, 0.6) is 5.75 Å². The van der Waals surface area contributed by atoms with Gasteiger partial charge in [0.05, 0.1) is 12.8 Å². The van der Waals surface area contributed by atoms with Crippen molar-refractivity contribution < 1.29 is 9.84 Å². The maximum absolute atomic E-state index is 9.12. The highest BCUT2D eigenvalue weighted by Gasteiger charge is 2.34. The van der Waals surface area contributed by atoms with E-state index in [1.54, 1.807) is 7.11 Å². The van der Waals surface area contributed by atoms with Gasteiger partial charge in [0.2, 0.25) is 0 Å². The van der Waals surface area contributed by atoms with Crippen LogP contribution in [0, 0.1) is 0 Å². The zero-order valence-electron chi connectivity index (χ0n) is 12.0. The molecule has 1 unspecified atom stereocenters. The van der Waals surface area contributed by atoms with E-state index in [0.717, 1.165) is 30.9 Å². The molecule has 4 nitrogen and oxygen atoms in total. The predicted molar refractivity (Wildman–Crippen MR) is 77.9 cm³/mol. The lowest BCUT2D eigenvalue weighted by Crippen LogP contribution is -2.62. The standard InChI is InChI=1S/C15H24N2O2/c1-15(2)11-16-12(8-9-18)10-17(15)13-6-4-5-7-14(13)19-3/h4-7,12,16,18H,8-11H2,1-3H3. The summed E-state index contributed by atoms with van der Waals surface area (Å²) >= 11 is 0. The van der Waals surface area contributed by atoms with Crippen molar-refractivity contribution in [3.8, 4) is 5.75 Å². The molecule has 1 atom stereocenters. The Hall–Kier alpha value is -1.26. The molecule has 19 heavy (non-hydrogen) atoms. The van der Waals surface area contributed by atoms with Crippen molar-refractivity contribution in [2.45, 2.75) is 31.8 Å². The highest BCUT2D eigenvalue weighted by molar-refractivity contribution is 5.60. The molecule has 1 aromatic carbocycles. The molecule has 0 radical (unpaired) electrons. The molecule has 1 fully saturated rings. The Labute approximate surface area is 115 Å². The normalized spacial score (nSPS) is 22.3. The lowest BCUT2D eigenvalue weighted by molar-refractivity contribution is 0.239. The van der Waals surface area contributed by atoms with Crippen molar-refractivity contribution in [3.63, 3.8) is 0 Å². The van der Waals surface area contributed by atoms with Crippen molar-refractivity contribution >= 4 is 5.69 Å². The summed E-state index contributed by atoms with van der Waals surface area (Å²) in [6.45, 7) is 6.45. The maximum Gasteiger partial charge on any atom is 0.142 e. The van der Waals surface area contributed by atoms with E-state index in [4.69, 9.17) is 9.84 Å². The Morgan fingerprint density at radius 3 is 2.84 bits per heavy atom. The largest absolute Gasteiger partial charge is 0.495 e. The topological polar surface area (TPSA) is 44.7 Å². The molecule has 2 N–H and O–H groups in total. The van der Waals surface area contributed by atoms with Gasteiger partial charge in [-0.25, -0.2) is 0 Å². The summed E-state index contributed by atoms with van der Waals surface area (Å²) in [7, 11) is 1.71.